The molecule has 1 aliphatic heterocycles. The monoisotopic (exact) mass is 283 g/mol. The van der Waals surface area contributed by atoms with E-state index in [1.165, 1.54) is 6.20 Å². The first kappa shape index (κ1) is 14.4. The molecule has 1 aromatic heterocycles. The molecule has 6 heteroatoms. The Morgan fingerprint density at radius 1 is 1.47 bits per heavy atom. The molecule has 0 saturated carbocycles. The van der Waals surface area contributed by atoms with E-state index in [0.29, 0.717) is 6.54 Å². The van der Waals surface area contributed by atoms with Gasteiger partial charge in [0.1, 0.15) is 4.90 Å². The molecule has 2 atom stereocenters. The van der Waals surface area contributed by atoms with Crippen molar-refractivity contribution in [3.8, 4) is 0 Å². The van der Waals surface area contributed by atoms with Gasteiger partial charge in [-0.15, -0.1) is 0 Å². The van der Waals surface area contributed by atoms with Crippen LogP contribution in [0.15, 0.2) is 29.4 Å². The number of hydrogen-bond donors (Lipinski definition) is 1. The highest BCUT2D eigenvalue weighted by atomic mass is 32.2. The lowest BCUT2D eigenvalue weighted by molar-refractivity contribution is 0.213. The topological polar surface area (TPSA) is 62.3 Å². The van der Waals surface area contributed by atoms with E-state index in [1.807, 2.05) is 14.0 Å². The third kappa shape index (κ3) is 2.96. The Hall–Kier alpha value is -0.980. The van der Waals surface area contributed by atoms with Crippen molar-refractivity contribution in [1.82, 2.24) is 14.6 Å². The second-order valence-electron chi connectivity index (χ2n) is 4.94. The largest absolute Gasteiger partial charge is 0.316 e. The van der Waals surface area contributed by atoms with Crippen molar-refractivity contribution in [2.45, 2.75) is 43.2 Å². The predicted molar refractivity (Wildman–Crippen MR) is 74.3 cm³/mol. The van der Waals surface area contributed by atoms with Crippen LogP contribution in [0.2, 0.25) is 0 Å². The molecule has 2 unspecified atom stereocenters. The van der Waals surface area contributed by atoms with Crippen molar-refractivity contribution in [1.29, 1.82) is 0 Å². The first-order valence-corrected chi connectivity index (χ1v) is 8.10. The smallest absolute Gasteiger partial charge is 0.244 e. The number of hydrogen-bond acceptors (Lipinski definition) is 4. The molecule has 5 nitrogen and oxygen atoms in total. The third-order valence-corrected chi connectivity index (χ3v) is 5.68. The highest BCUT2D eigenvalue weighted by Crippen LogP contribution is 2.26. The zero-order valence-corrected chi connectivity index (χ0v) is 12.2. The van der Waals surface area contributed by atoms with Crippen LogP contribution in [0.5, 0.6) is 0 Å². The summed E-state index contributed by atoms with van der Waals surface area (Å²) in [5, 5.41) is 3.17. The molecule has 1 fully saturated rings. The summed E-state index contributed by atoms with van der Waals surface area (Å²) in [6, 6.07) is 3.43. The van der Waals surface area contributed by atoms with E-state index in [9.17, 15) is 8.42 Å². The summed E-state index contributed by atoms with van der Waals surface area (Å²) in [5.74, 6) is 0. The number of pyridine rings is 1. The lowest BCUT2D eigenvalue weighted by Crippen LogP contribution is -2.52. The van der Waals surface area contributed by atoms with Gasteiger partial charge in [-0.3, -0.25) is 4.98 Å². The molecule has 1 N–H and O–H groups in total. The quantitative estimate of drug-likeness (QED) is 0.903. The molecule has 19 heavy (non-hydrogen) atoms. The normalized spacial score (nSPS) is 23.2. The summed E-state index contributed by atoms with van der Waals surface area (Å²) in [6.07, 6.45) is 5.91. The van der Waals surface area contributed by atoms with Gasteiger partial charge in [0.2, 0.25) is 10.0 Å². The van der Waals surface area contributed by atoms with Crippen LogP contribution in [-0.4, -0.2) is 43.4 Å². The fourth-order valence-corrected chi connectivity index (χ4v) is 4.29. The molecule has 0 amide bonds. The SMILES string of the molecule is CNC(C)C1CCCCN1S(=O)(=O)c1cccnc1. The molecule has 106 valence electrons. The van der Waals surface area contributed by atoms with E-state index >= 15 is 0 Å². The average Bonchev–Trinajstić information content (AvgIpc) is 2.47. The van der Waals surface area contributed by atoms with Crippen molar-refractivity contribution in [2.24, 2.45) is 0 Å². The Morgan fingerprint density at radius 2 is 2.26 bits per heavy atom. The summed E-state index contributed by atoms with van der Waals surface area (Å²) < 4.78 is 27.0. The van der Waals surface area contributed by atoms with Crippen LogP contribution < -0.4 is 5.32 Å². The lowest BCUT2D eigenvalue weighted by Gasteiger charge is -2.38. The van der Waals surface area contributed by atoms with Crippen molar-refractivity contribution < 1.29 is 8.42 Å². The number of sulfonamides is 1. The second-order valence-corrected chi connectivity index (χ2v) is 6.84. The summed E-state index contributed by atoms with van der Waals surface area (Å²) in [5.41, 5.74) is 0. The Morgan fingerprint density at radius 3 is 2.89 bits per heavy atom. The van der Waals surface area contributed by atoms with Gasteiger partial charge < -0.3 is 5.32 Å². The maximum atomic E-state index is 12.7. The third-order valence-electron chi connectivity index (χ3n) is 3.77. The zero-order chi connectivity index (χ0) is 13.9. The minimum absolute atomic E-state index is 0.0176. The minimum Gasteiger partial charge on any atom is -0.316 e. The predicted octanol–water partition coefficient (Wildman–Crippen LogP) is 1.23. The molecular weight excluding hydrogens is 262 g/mol. The molecule has 1 saturated heterocycles. The molecule has 2 rings (SSSR count). The maximum Gasteiger partial charge on any atom is 0.244 e. The average molecular weight is 283 g/mol. The van der Waals surface area contributed by atoms with Crippen LogP contribution in [0.3, 0.4) is 0 Å². The molecule has 0 aliphatic carbocycles. The van der Waals surface area contributed by atoms with Gasteiger partial charge in [0.05, 0.1) is 0 Å². The van der Waals surface area contributed by atoms with Crippen molar-refractivity contribution in [3.05, 3.63) is 24.5 Å². The number of nitrogens with one attached hydrogen (secondary N) is 1. The van der Waals surface area contributed by atoms with Crippen LogP contribution in [0.4, 0.5) is 0 Å². The maximum absolute atomic E-state index is 12.7. The molecule has 1 aliphatic rings. The molecule has 1 aromatic rings. The standard InChI is InChI=1S/C13H21N3O2S/c1-11(14-2)13-7-3-4-9-16(13)19(17,18)12-6-5-8-15-10-12/h5-6,8,10-11,13-14H,3-4,7,9H2,1-2H3. The number of aromatic nitrogens is 1. The minimum atomic E-state index is -3.44. The number of nitrogens with zero attached hydrogens (tertiary/aromatic N) is 2. The van der Waals surface area contributed by atoms with Crippen molar-refractivity contribution in [2.75, 3.05) is 13.6 Å². The van der Waals surface area contributed by atoms with E-state index in [0.717, 1.165) is 19.3 Å². The molecule has 0 spiro atoms. The van der Waals surface area contributed by atoms with Gasteiger partial charge in [0, 0.05) is 31.0 Å². The first-order valence-electron chi connectivity index (χ1n) is 6.66. The molecule has 0 radical (unpaired) electrons. The fourth-order valence-electron chi connectivity index (χ4n) is 2.56. The van der Waals surface area contributed by atoms with Crippen LogP contribution >= 0.6 is 0 Å². The summed E-state index contributed by atoms with van der Waals surface area (Å²) >= 11 is 0. The van der Waals surface area contributed by atoms with Crippen molar-refractivity contribution >= 4 is 10.0 Å². The summed E-state index contributed by atoms with van der Waals surface area (Å²) in [7, 11) is -1.57. The summed E-state index contributed by atoms with van der Waals surface area (Å²) in [6.45, 7) is 2.62. The van der Waals surface area contributed by atoms with Gasteiger partial charge in [0.15, 0.2) is 0 Å². The van der Waals surface area contributed by atoms with E-state index < -0.39 is 10.0 Å². The zero-order valence-electron chi connectivity index (χ0n) is 11.4. The highest BCUT2D eigenvalue weighted by molar-refractivity contribution is 7.89. The summed E-state index contributed by atoms with van der Waals surface area (Å²) in [4.78, 5) is 4.20. The van der Waals surface area contributed by atoms with Crippen LogP contribution in [0.25, 0.3) is 0 Å². The van der Waals surface area contributed by atoms with Gasteiger partial charge in [-0.1, -0.05) is 6.42 Å². The number of rotatable bonds is 4. The number of piperidine rings is 1. The Labute approximate surface area is 115 Å². The van der Waals surface area contributed by atoms with Crippen LogP contribution in [0, 0.1) is 0 Å². The van der Waals surface area contributed by atoms with Crippen molar-refractivity contribution in [3.63, 3.8) is 0 Å². The van der Waals surface area contributed by atoms with Gasteiger partial charge in [-0.25, -0.2) is 8.42 Å². The van der Waals surface area contributed by atoms with E-state index in [2.05, 4.69) is 10.3 Å². The van der Waals surface area contributed by atoms with Gasteiger partial charge in [-0.2, -0.15) is 4.31 Å². The Kier molecular flexibility index (Phi) is 4.54. The van der Waals surface area contributed by atoms with Crippen LogP contribution in [0.1, 0.15) is 26.2 Å². The lowest BCUT2D eigenvalue weighted by atomic mass is 9.99. The number of likely N-dealkylation sites (N-methyl/N-ethyl adjacent to an activating group) is 1. The Bertz CT molecular complexity index is 504. The van der Waals surface area contributed by atoms with Gasteiger partial charge in [0.25, 0.3) is 0 Å². The van der Waals surface area contributed by atoms with Gasteiger partial charge in [-0.05, 0) is 38.9 Å². The first-order chi connectivity index (χ1) is 9.07. The van der Waals surface area contributed by atoms with E-state index in [-0.39, 0.29) is 17.0 Å². The van der Waals surface area contributed by atoms with E-state index in [4.69, 9.17) is 0 Å². The fraction of sp³-hybridized carbons (Fsp3) is 0.615. The Balaban J connectivity index is 2.32. The molecule has 0 bridgehead atoms. The second kappa shape index (κ2) is 5.98. The van der Waals surface area contributed by atoms with E-state index in [1.54, 1.807) is 22.6 Å². The molecule has 2 heterocycles. The molecular formula is C13H21N3O2S. The van der Waals surface area contributed by atoms with Gasteiger partial charge >= 0.3 is 0 Å². The highest BCUT2D eigenvalue weighted by Gasteiger charge is 2.35. The van der Waals surface area contributed by atoms with Crippen LogP contribution in [-0.2, 0) is 10.0 Å². The molecule has 0 aromatic carbocycles.